The van der Waals surface area contributed by atoms with Crippen molar-refractivity contribution in [2.75, 3.05) is 6.61 Å². The minimum atomic E-state index is -3.00. The van der Waals surface area contributed by atoms with Gasteiger partial charge in [0.2, 0.25) is 0 Å². The number of alkyl halides is 2. The quantitative estimate of drug-likeness (QED) is 0.702. The first-order valence-corrected chi connectivity index (χ1v) is 8.92. The summed E-state index contributed by atoms with van der Waals surface area (Å²) in [7, 11) is 0. The van der Waals surface area contributed by atoms with Crippen LogP contribution in [0.5, 0.6) is 5.75 Å². The highest BCUT2D eigenvalue weighted by Crippen LogP contribution is 2.47. The first-order chi connectivity index (χ1) is 11.6. The van der Waals surface area contributed by atoms with E-state index in [1.54, 1.807) is 6.07 Å². The van der Waals surface area contributed by atoms with Gasteiger partial charge >= 0.3 is 6.61 Å². The maximum Gasteiger partial charge on any atom is 0.387 e. The molecule has 4 atom stereocenters. The lowest BCUT2D eigenvalue weighted by Crippen LogP contribution is -2.33. The number of fused-ring (bicyclic) bond motifs is 1. The zero-order chi connectivity index (χ0) is 17.1. The predicted molar refractivity (Wildman–Crippen MR) is 85.9 cm³/mol. The van der Waals surface area contributed by atoms with Crippen molar-refractivity contribution in [1.29, 1.82) is 0 Å². The van der Waals surface area contributed by atoms with Crippen LogP contribution in [-0.2, 0) is 4.74 Å². The second-order valence-corrected chi connectivity index (χ2v) is 6.99. The fourth-order valence-corrected chi connectivity index (χ4v) is 4.50. The van der Waals surface area contributed by atoms with E-state index >= 15 is 0 Å². The Morgan fingerprint density at radius 3 is 2.54 bits per heavy atom. The molecule has 2 aliphatic carbocycles. The fourth-order valence-electron chi connectivity index (χ4n) is 4.50. The van der Waals surface area contributed by atoms with Crippen molar-refractivity contribution in [3.63, 3.8) is 0 Å². The van der Waals surface area contributed by atoms with Crippen molar-refractivity contribution in [2.24, 2.45) is 11.8 Å². The third kappa shape index (κ3) is 4.05. The van der Waals surface area contributed by atoms with Crippen LogP contribution in [0.15, 0.2) is 18.2 Å². The summed E-state index contributed by atoms with van der Waals surface area (Å²) < 4.78 is 48.4. The van der Waals surface area contributed by atoms with Crippen LogP contribution in [0.3, 0.4) is 0 Å². The zero-order valence-electron chi connectivity index (χ0n) is 14.0. The van der Waals surface area contributed by atoms with Crippen LogP contribution < -0.4 is 4.74 Å². The van der Waals surface area contributed by atoms with Gasteiger partial charge in [0.25, 0.3) is 0 Å². The number of benzene rings is 1. The van der Waals surface area contributed by atoms with E-state index < -0.39 is 12.4 Å². The van der Waals surface area contributed by atoms with Crippen molar-refractivity contribution in [3.8, 4) is 5.75 Å². The lowest BCUT2D eigenvalue weighted by atomic mass is 9.65. The molecule has 0 radical (unpaired) electrons. The maximum atomic E-state index is 14.0. The van der Waals surface area contributed by atoms with E-state index in [0.717, 1.165) is 44.3 Å². The molecule has 0 N–H and O–H groups in total. The van der Waals surface area contributed by atoms with Gasteiger partial charge in [-0.05, 0) is 80.9 Å². The lowest BCUT2D eigenvalue weighted by molar-refractivity contribution is -0.0522. The molecule has 2 nitrogen and oxygen atoms in total. The van der Waals surface area contributed by atoms with Gasteiger partial charge in [-0.25, -0.2) is 4.39 Å². The van der Waals surface area contributed by atoms with E-state index in [4.69, 9.17) is 4.74 Å². The van der Waals surface area contributed by atoms with Gasteiger partial charge in [0.1, 0.15) is 0 Å². The highest BCUT2D eigenvalue weighted by atomic mass is 19.3. The highest BCUT2D eigenvalue weighted by Gasteiger charge is 2.36. The van der Waals surface area contributed by atoms with Gasteiger partial charge in [-0.2, -0.15) is 8.78 Å². The van der Waals surface area contributed by atoms with Crippen molar-refractivity contribution in [3.05, 3.63) is 29.6 Å². The largest absolute Gasteiger partial charge is 0.432 e. The molecule has 0 bridgehead atoms. The van der Waals surface area contributed by atoms with Crippen molar-refractivity contribution in [1.82, 2.24) is 0 Å². The van der Waals surface area contributed by atoms with Crippen molar-refractivity contribution < 1.29 is 22.6 Å². The van der Waals surface area contributed by atoms with E-state index in [1.165, 1.54) is 18.6 Å². The summed E-state index contributed by atoms with van der Waals surface area (Å²) in [6.07, 6.45) is 7.03. The smallest absolute Gasteiger partial charge is 0.387 e. The van der Waals surface area contributed by atoms with Crippen molar-refractivity contribution in [2.45, 2.75) is 64.1 Å². The summed E-state index contributed by atoms with van der Waals surface area (Å²) in [4.78, 5) is 0. The molecule has 24 heavy (non-hydrogen) atoms. The topological polar surface area (TPSA) is 18.5 Å². The van der Waals surface area contributed by atoms with Crippen molar-refractivity contribution >= 4 is 0 Å². The molecule has 0 aliphatic heterocycles. The van der Waals surface area contributed by atoms with Gasteiger partial charge in [-0.1, -0.05) is 6.07 Å². The van der Waals surface area contributed by atoms with Gasteiger partial charge in [0, 0.05) is 6.61 Å². The molecule has 2 aliphatic rings. The third-order valence-corrected chi connectivity index (χ3v) is 5.61. The Morgan fingerprint density at radius 2 is 1.83 bits per heavy atom. The Labute approximate surface area is 141 Å². The number of halogens is 3. The molecule has 4 unspecified atom stereocenters. The molecule has 134 valence electrons. The van der Waals surface area contributed by atoms with Crippen LogP contribution in [0.2, 0.25) is 0 Å². The molecule has 0 amide bonds. The molecule has 0 saturated heterocycles. The molecule has 2 fully saturated rings. The molecule has 3 rings (SSSR count). The van der Waals surface area contributed by atoms with Gasteiger partial charge in [0.05, 0.1) is 6.10 Å². The van der Waals surface area contributed by atoms with Crippen LogP contribution in [0.1, 0.15) is 56.9 Å². The monoisotopic (exact) mass is 342 g/mol. The summed E-state index contributed by atoms with van der Waals surface area (Å²) >= 11 is 0. The summed E-state index contributed by atoms with van der Waals surface area (Å²) in [5.74, 6) is 0.609. The molecule has 1 aromatic rings. The minimum Gasteiger partial charge on any atom is -0.432 e. The summed E-state index contributed by atoms with van der Waals surface area (Å²) in [6.45, 7) is -0.183. The molecular formula is C19H25F3O2. The fraction of sp³-hybridized carbons (Fsp3) is 0.684. The SMILES string of the molecule is CCOC1CCC2CC(c3ccc(OC(F)F)c(F)c3)CCC2C1. The Bertz CT molecular complexity index is 549. The molecule has 0 heterocycles. The molecule has 5 heteroatoms. The van der Waals surface area contributed by atoms with Crippen LogP contribution in [0, 0.1) is 17.7 Å². The first kappa shape index (κ1) is 17.6. The van der Waals surface area contributed by atoms with Gasteiger partial charge in [-0.15, -0.1) is 0 Å². The summed E-state index contributed by atoms with van der Waals surface area (Å²) in [6, 6.07) is 4.43. The molecule has 1 aromatic carbocycles. The number of rotatable bonds is 5. The number of ether oxygens (including phenoxy) is 2. The second kappa shape index (κ2) is 7.77. The summed E-state index contributed by atoms with van der Waals surface area (Å²) in [5, 5.41) is 0. The van der Waals surface area contributed by atoms with Crippen LogP contribution in [-0.4, -0.2) is 19.3 Å². The number of hydrogen-bond donors (Lipinski definition) is 0. The Hall–Kier alpha value is -1.23. The van der Waals surface area contributed by atoms with Gasteiger partial charge in [-0.3, -0.25) is 0 Å². The highest BCUT2D eigenvalue weighted by molar-refractivity contribution is 5.31. The average molecular weight is 342 g/mol. The van der Waals surface area contributed by atoms with E-state index in [-0.39, 0.29) is 5.75 Å². The average Bonchev–Trinajstić information content (AvgIpc) is 2.56. The van der Waals surface area contributed by atoms with Crippen LogP contribution in [0.4, 0.5) is 13.2 Å². The third-order valence-electron chi connectivity index (χ3n) is 5.61. The van der Waals surface area contributed by atoms with Gasteiger partial charge < -0.3 is 9.47 Å². The van der Waals surface area contributed by atoms with E-state index in [9.17, 15) is 13.2 Å². The second-order valence-electron chi connectivity index (χ2n) is 6.99. The molecule has 2 saturated carbocycles. The molecule has 0 aromatic heterocycles. The molecule has 0 spiro atoms. The minimum absolute atomic E-state index is 0.310. The van der Waals surface area contributed by atoms with E-state index in [1.807, 2.05) is 6.92 Å². The van der Waals surface area contributed by atoms with Gasteiger partial charge in [0.15, 0.2) is 11.6 Å². The van der Waals surface area contributed by atoms with E-state index in [2.05, 4.69) is 4.74 Å². The van der Waals surface area contributed by atoms with E-state index in [0.29, 0.717) is 23.9 Å². The number of hydrogen-bond acceptors (Lipinski definition) is 2. The summed E-state index contributed by atoms with van der Waals surface area (Å²) in [5.41, 5.74) is 0.902. The normalized spacial score (nSPS) is 30.2. The maximum absolute atomic E-state index is 14.0. The first-order valence-electron chi connectivity index (χ1n) is 8.92. The Kier molecular flexibility index (Phi) is 5.69. The lowest BCUT2D eigenvalue weighted by Gasteiger charge is -2.42. The zero-order valence-corrected chi connectivity index (χ0v) is 14.0. The standard InChI is InChI=1S/C19H25F3O2/c1-2-23-16-7-5-13-9-12(3-4-14(13)10-16)15-6-8-18(17(20)11-15)24-19(21)22/h6,8,11-14,16,19H,2-5,7,9-10H2,1H3. The van der Waals surface area contributed by atoms with Crippen LogP contribution >= 0.6 is 0 Å². The Balaban J connectivity index is 1.62. The Morgan fingerprint density at radius 1 is 1.08 bits per heavy atom. The van der Waals surface area contributed by atoms with Crippen LogP contribution in [0.25, 0.3) is 0 Å². The molecular weight excluding hydrogens is 317 g/mol. The predicted octanol–water partition coefficient (Wildman–Crippen LogP) is 5.52.